The van der Waals surface area contributed by atoms with Gasteiger partial charge in [-0.1, -0.05) is 11.6 Å². The van der Waals surface area contributed by atoms with Crippen molar-refractivity contribution in [1.82, 2.24) is 4.98 Å². The van der Waals surface area contributed by atoms with Gasteiger partial charge >= 0.3 is 0 Å². The van der Waals surface area contributed by atoms with E-state index in [0.717, 1.165) is 0 Å². The number of nitrogens with two attached hydrogens (primary N) is 1. The smallest absolute Gasteiger partial charge is 0.288 e. The molecule has 0 aliphatic rings. The van der Waals surface area contributed by atoms with Crippen LogP contribution in [0, 0.1) is 10.1 Å². The van der Waals surface area contributed by atoms with Crippen molar-refractivity contribution in [2.24, 2.45) is 0 Å². The van der Waals surface area contributed by atoms with Crippen molar-refractivity contribution < 1.29 is 9.66 Å². The molecule has 0 aliphatic carbocycles. The average molecular weight is 266 g/mol. The van der Waals surface area contributed by atoms with Crippen LogP contribution in [0.2, 0.25) is 5.02 Å². The molecule has 1 aromatic carbocycles. The van der Waals surface area contributed by atoms with E-state index in [1.54, 1.807) is 6.07 Å². The van der Waals surface area contributed by atoms with Crippen LogP contribution in [0.15, 0.2) is 36.5 Å². The summed E-state index contributed by atoms with van der Waals surface area (Å²) in [6.07, 6.45) is 1.50. The van der Waals surface area contributed by atoms with Gasteiger partial charge in [-0.15, -0.1) is 0 Å². The first kappa shape index (κ1) is 12.1. The zero-order valence-electron chi connectivity index (χ0n) is 9.04. The molecule has 2 N–H and O–H groups in total. The highest BCUT2D eigenvalue weighted by atomic mass is 35.5. The third-order valence-corrected chi connectivity index (χ3v) is 2.40. The first-order valence-electron chi connectivity index (χ1n) is 4.89. The van der Waals surface area contributed by atoms with Gasteiger partial charge in [0, 0.05) is 30.1 Å². The Bertz CT molecular complexity index is 604. The molecule has 0 unspecified atom stereocenters. The van der Waals surface area contributed by atoms with E-state index >= 15 is 0 Å². The molecule has 0 saturated carbocycles. The fourth-order valence-corrected chi connectivity index (χ4v) is 1.54. The maximum atomic E-state index is 10.6. The molecule has 2 aromatic rings. The number of ether oxygens (including phenoxy) is 1. The maximum Gasteiger partial charge on any atom is 0.288 e. The summed E-state index contributed by atoms with van der Waals surface area (Å²) in [5, 5.41) is 10.6. The number of benzene rings is 1. The van der Waals surface area contributed by atoms with E-state index < -0.39 is 4.92 Å². The Balaban J connectivity index is 2.25. The fraction of sp³-hybridized carbons (Fsp3) is 0. The number of aromatic nitrogens is 1. The predicted molar refractivity (Wildman–Crippen MR) is 66.8 cm³/mol. The molecule has 6 nitrogen and oxygen atoms in total. The minimum Gasteiger partial charge on any atom is -0.439 e. The Morgan fingerprint density at radius 3 is 2.72 bits per heavy atom. The number of nitro benzene ring substituents is 1. The number of halogens is 1. The van der Waals surface area contributed by atoms with Crippen LogP contribution < -0.4 is 10.5 Å². The van der Waals surface area contributed by atoms with E-state index in [-0.39, 0.29) is 10.7 Å². The number of rotatable bonds is 3. The lowest BCUT2D eigenvalue weighted by Gasteiger charge is -2.05. The first-order chi connectivity index (χ1) is 8.56. The average Bonchev–Trinajstić information content (AvgIpc) is 2.28. The van der Waals surface area contributed by atoms with Crippen molar-refractivity contribution in [2.75, 3.05) is 5.73 Å². The number of hydrogen-bond acceptors (Lipinski definition) is 5. The van der Waals surface area contributed by atoms with E-state index in [4.69, 9.17) is 22.1 Å². The maximum absolute atomic E-state index is 10.6. The minimum atomic E-state index is -0.565. The second kappa shape index (κ2) is 4.89. The molecule has 1 aromatic heterocycles. The van der Waals surface area contributed by atoms with E-state index in [9.17, 15) is 10.1 Å². The topological polar surface area (TPSA) is 91.3 Å². The minimum absolute atomic E-state index is 0.00130. The van der Waals surface area contributed by atoms with Crippen molar-refractivity contribution in [2.45, 2.75) is 0 Å². The van der Waals surface area contributed by atoms with E-state index in [1.807, 2.05) is 0 Å². The Labute approximate surface area is 107 Å². The summed E-state index contributed by atoms with van der Waals surface area (Å²) in [6, 6.07) is 7.22. The van der Waals surface area contributed by atoms with Crippen LogP contribution >= 0.6 is 11.6 Å². The van der Waals surface area contributed by atoms with Gasteiger partial charge in [0.2, 0.25) is 5.88 Å². The first-order valence-corrected chi connectivity index (χ1v) is 5.27. The molecule has 0 atom stereocenters. The molecule has 18 heavy (non-hydrogen) atoms. The van der Waals surface area contributed by atoms with E-state index in [2.05, 4.69) is 4.98 Å². The standard InChI is InChI=1S/C11H8ClN3O3/c12-9-6-8(1-2-10(9)15(16)17)18-11-5-7(13)3-4-14-11/h1-6H,(H2,13,14). The molecular weight excluding hydrogens is 258 g/mol. The van der Waals surface area contributed by atoms with Crippen LogP contribution in [-0.4, -0.2) is 9.91 Å². The molecule has 0 amide bonds. The number of nitrogens with zero attached hydrogens (tertiary/aromatic N) is 2. The van der Waals surface area contributed by atoms with E-state index in [1.165, 1.54) is 30.5 Å². The zero-order valence-corrected chi connectivity index (χ0v) is 9.79. The van der Waals surface area contributed by atoms with Crippen LogP contribution in [0.5, 0.6) is 11.6 Å². The lowest BCUT2D eigenvalue weighted by molar-refractivity contribution is -0.384. The predicted octanol–water partition coefficient (Wildman–Crippen LogP) is 3.02. The second-order valence-corrected chi connectivity index (χ2v) is 3.81. The Morgan fingerprint density at radius 1 is 1.33 bits per heavy atom. The van der Waals surface area contributed by atoms with Gasteiger partial charge in [-0.3, -0.25) is 10.1 Å². The van der Waals surface area contributed by atoms with Gasteiger partial charge < -0.3 is 10.5 Å². The highest BCUT2D eigenvalue weighted by molar-refractivity contribution is 6.32. The van der Waals surface area contributed by atoms with E-state index in [0.29, 0.717) is 17.3 Å². The third kappa shape index (κ3) is 2.67. The SMILES string of the molecule is Nc1ccnc(Oc2ccc([N+](=O)[O-])c(Cl)c2)c1. The van der Waals surface area contributed by atoms with Crippen molar-refractivity contribution in [3.8, 4) is 11.6 Å². The lowest BCUT2D eigenvalue weighted by atomic mass is 10.3. The third-order valence-electron chi connectivity index (χ3n) is 2.10. The monoisotopic (exact) mass is 265 g/mol. The fourth-order valence-electron chi connectivity index (χ4n) is 1.30. The van der Waals surface area contributed by atoms with Gasteiger partial charge in [-0.25, -0.2) is 4.98 Å². The molecule has 0 saturated heterocycles. The Morgan fingerprint density at radius 2 is 2.11 bits per heavy atom. The molecule has 0 fully saturated rings. The normalized spacial score (nSPS) is 10.1. The summed E-state index contributed by atoms with van der Waals surface area (Å²) in [6.45, 7) is 0. The van der Waals surface area contributed by atoms with Crippen LogP contribution in [0.4, 0.5) is 11.4 Å². The summed E-state index contributed by atoms with van der Waals surface area (Å²) >= 11 is 5.76. The van der Waals surface area contributed by atoms with Crippen LogP contribution in [0.1, 0.15) is 0 Å². The van der Waals surface area contributed by atoms with Gasteiger partial charge in [-0.2, -0.15) is 0 Å². The zero-order chi connectivity index (χ0) is 13.1. The van der Waals surface area contributed by atoms with Gasteiger partial charge in [-0.05, 0) is 12.1 Å². The molecule has 1 heterocycles. The molecule has 0 radical (unpaired) electrons. The quantitative estimate of drug-likeness (QED) is 0.680. The largest absolute Gasteiger partial charge is 0.439 e. The van der Waals surface area contributed by atoms with Crippen LogP contribution in [0.3, 0.4) is 0 Å². The van der Waals surface area contributed by atoms with Crippen molar-refractivity contribution in [1.29, 1.82) is 0 Å². The van der Waals surface area contributed by atoms with Crippen molar-refractivity contribution in [3.63, 3.8) is 0 Å². The number of pyridine rings is 1. The molecular formula is C11H8ClN3O3. The summed E-state index contributed by atoms with van der Waals surface area (Å²) in [4.78, 5) is 14.0. The van der Waals surface area contributed by atoms with Gasteiger partial charge in [0.05, 0.1) is 4.92 Å². The summed E-state index contributed by atoms with van der Waals surface area (Å²) < 4.78 is 5.38. The summed E-state index contributed by atoms with van der Waals surface area (Å²) in [5.41, 5.74) is 5.90. The second-order valence-electron chi connectivity index (χ2n) is 3.40. The molecule has 2 rings (SSSR count). The van der Waals surface area contributed by atoms with Gasteiger partial charge in [0.1, 0.15) is 10.8 Å². The Hall–Kier alpha value is -2.34. The number of nitro groups is 1. The molecule has 92 valence electrons. The van der Waals surface area contributed by atoms with Gasteiger partial charge in [0.25, 0.3) is 5.69 Å². The van der Waals surface area contributed by atoms with Crippen LogP contribution in [-0.2, 0) is 0 Å². The van der Waals surface area contributed by atoms with Gasteiger partial charge in [0.15, 0.2) is 0 Å². The number of nitrogen functional groups attached to an aromatic ring is 1. The Kier molecular flexibility index (Phi) is 3.29. The molecule has 0 bridgehead atoms. The summed E-state index contributed by atoms with van der Waals surface area (Å²) in [5.74, 6) is 0.642. The molecule has 0 aliphatic heterocycles. The number of anilines is 1. The van der Waals surface area contributed by atoms with Crippen molar-refractivity contribution in [3.05, 3.63) is 51.7 Å². The molecule has 7 heteroatoms. The number of hydrogen-bond donors (Lipinski definition) is 1. The van der Waals surface area contributed by atoms with Crippen LogP contribution in [0.25, 0.3) is 0 Å². The molecule has 0 spiro atoms. The highest BCUT2D eigenvalue weighted by Gasteiger charge is 2.13. The summed E-state index contributed by atoms with van der Waals surface area (Å²) in [7, 11) is 0. The highest BCUT2D eigenvalue weighted by Crippen LogP contribution is 2.30. The lowest BCUT2D eigenvalue weighted by Crippen LogP contribution is -1.92. The van der Waals surface area contributed by atoms with Crippen molar-refractivity contribution >= 4 is 23.0 Å².